The van der Waals surface area contributed by atoms with Crippen molar-refractivity contribution in [3.05, 3.63) is 144 Å². The van der Waals surface area contributed by atoms with Crippen LogP contribution in [0, 0.1) is 22.9 Å². The van der Waals surface area contributed by atoms with Gasteiger partial charge in [-0.05, 0) is 89.6 Å². The molecular formula is C42H22N4. The molecule has 9 aromatic carbocycles. The van der Waals surface area contributed by atoms with Crippen molar-refractivity contribution in [3.8, 4) is 34.6 Å². The highest BCUT2D eigenvalue weighted by Crippen LogP contribution is 2.37. The van der Waals surface area contributed by atoms with E-state index in [1.807, 2.05) is 0 Å². The van der Waals surface area contributed by atoms with E-state index in [2.05, 4.69) is 156 Å². The maximum absolute atomic E-state index is 9.79. The van der Waals surface area contributed by atoms with Crippen molar-refractivity contribution >= 4 is 64.6 Å². The molecule has 0 unspecified atom stereocenters. The summed E-state index contributed by atoms with van der Waals surface area (Å²) in [6.07, 6.45) is 4.12. The summed E-state index contributed by atoms with van der Waals surface area (Å²) in [4.78, 5) is 8.73. The fourth-order valence-corrected chi connectivity index (χ4v) is 7.31. The average Bonchev–Trinajstić information content (AvgIpc) is 3.57. The minimum absolute atomic E-state index is 0.664. The third-order valence-electron chi connectivity index (χ3n) is 9.32. The Morgan fingerprint density at radius 1 is 0.348 bits per heavy atom. The van der Waals surface area contributed by atoms with Gasteiger partial charge >= 0.3 is 0 Å². The Balaban J connectivity index is 1.33. The summed E-state index contributed by atoms with van der Waals surface area (Å²) in [6.45, 7) is 0. The van der Waals surface area contributed by atoms with Gasteiger partial charge in [-0.25, -0.2) is 0 Å². The van der Waals surface area contributed by atoms with E-state index in [-0.39, 0.29) is 0 Å². The average molecular weight is 583 g/mol. The van der Waals surface area contributed by atoms with Crippen LogP contribution in [0.5, 0.6) is 0 Å². The van der Waals surface area contributed by atoms with Crippen LogP contribution in [0.15, 0.2) is 143 Å². The summed E-state index contributed by atoms with van der Waals surface area (Å²) in [7, 11) is 0. The predicted molar refractivity (Wildman–Crippen MR) is 187 cm³/mol. The predicted octanol–water partition coefficient (Wildman–Crippen LogP) is 9.58. The highest BCUT2D eigenvalue weighted by molar-refractivity contribution is 6.22. The smallest absolute Gasteiger partial charge is 0.172 e. The lowest BCUT2D eigenvalue weighted by Gasteiger charge is -2.07. The van der Waals surface area contributed by atoms with Gasteiger partial charge in [0.2, 0.25) is 12.4 Å². The van der Waals surface area contributed by atoms with Crippen LogP contribution in [-0.4, -0.2) is 0 Å². The van der Waals surface area contributed by atoms with Gasteiger partial charge in [0.05, 0.1) is 10.7 Å². The quantitative estimate of drug-likeness (QED) is 0.190. The van der Waals surface area contributed by atoms with Crippen molar-refractivity contribution in [1.29, 1.82) is 10.5 Å². The minimum Gasteiger partial charge on any atom is -0.172 e. The van der Waals surface area contributed by atoms with Crippen LogP contribution in [0.4, 0.5) is 0 Å². The zero-order valence-electron chi connectivity index (χ0n) is 24.5. The van der Waals surface area contributed by atoms with Gasteiger partial charge in [0.1, 0.15) is 0 Å². The number of benzene rings is 7. The molecule has 46 heavy (non-hydrogen) atoms. The largest absolute Gasteiger partial charge is 0.206 e. The Kier molecular flexibility index (Phi) is 5.59. The third-order valence-corrected chi connectivity index (χ3v) is 9.32. The first kappa shape index (κ1) is 25.8. The van der Waals surface area contributed by atoms with Crippen molar-refractivity contribution in [2.45, 2.75) is 0 Å². The highest BCUT2D eigenvalue weighted by Gasteiger charge is 2.17. The molecule has 4 nitrogen and oxygen atoms in total. The molecule has 0 aliphatic carbocycles. The topological polar surface area (TPSA) is 72.3 Å². The van der Waals surface area contributed by atoms with Crippen molar-refractivity contribution < 1.29 is 0 Å². The van der Waals surface area contributed by atoms with Crippen molar-refractivity contribution in [3.63, 3.8) is 0 Å². The first-order valence-electron chi connectivity index (χ1n) is 15.1. The lowest BCUT2D eigenvalue weighted by molar-refractivity contribution is 1.37. The molecule has 0 aromatic heterocycles. The van der Waals surface area contributed by atoms with Crippen LogP contribution in [0.1, 0.15) is 0 Å². The van der Waals surface area contributed by atoms with Gasteiger partial charge in [0.15, 0.2) is 0 Å². The molecule has 0 fully saturated rings. The zero-order valence-corrected chi connectivity index (χ0v) is 24.5. The van der Waals surface area contributed by atoms with Crippen LogP contribution in [0.3, 0.4) is 0 Å². The second-order valence-electron chi connectivity index (χ2n) is 11.6. The number of hydrogen-bond acceptors (Lipinski definition) is 4. The molecule has 0 bridgehead atoms. The Labute approximate surface area is 263 Å². The molecule has 0 aliphatic rings. The van der Waals surface area contributed by atoms with Crippen molar-refractivity contribution in [2.24, 2.45) is 9.98 Å². The first-order chi connectivity index (χ1) is 22.7. The second kappa shape index (κ2) is 9.96. The molecule has 0 atom stereocenters. The first-order valence-corrected chi connectivity index (χ1v) is 15.1. The number of fused-ring (bicyclic) bond motifs is 8. The standard InChI is InChI=1S/C42H22N4/c43-23-45-41-37-19-27(31-13-5-9-25-7-1-3-11-29(25)31)15-17-33(37)35-21-40-36(22-39(35)41)34-18-16-28(20-38(34)42(40)46-24-44)32-14-6-10-26-8-2-4-12-30(26)32/h1-22H/b45-41+,46-42+. The lowest BCUT2D eigenvalue weighted by atomic mass is 9.97. The summed E-state index contributed by atoms with van der Waals surface area (Å²) in [5.74, 6) is 0. The third kappa shape index (κ3) is 3.72. The number of nitriles is 2. The van der Waals surface area contributed by atoms with Crippen LogP contribution >= 0.6 is 0 Å². The molecule has 0 saturated carbocycles. The molecule has 0 radical (unpaired) electrons. The van der Waals surface area contributed by atoms with Gasteiger partial charge in [-0.2, -0.15) is 20.5 Å². The van der Waals surface area contributed by atoms with E-state index in [1.54, 1.807) is 0 Å². The summed E-state index contributed by atoms with van der Waals surface area (Å²) >= 11 is 0. The molecule has 0 heterocycles. The molecule has 0 aliphatic heterocycles. The maximum Gasteiger partial charge on any atom is 0.206 e. The fraction of sp³-hybridized carbons (Fsp3) is 0. The Morgan fingerprint density at radius 3 is 1.22 bits per heavy atom. The molecule has 4 heteroatoms. The van der Waals surface area contributed by atoms with E-state index < -0.39 is 0 Å². The summed E-state index contributed by atoms with van der Waals surface area (Å²) < 4.78 is 0. The van der Waals surface area contributed by atoms with Gasteiger partial charge in [-0.15, -0.1) is 0 Å². The normalized spacial score (nSPS) is 12.6. The SMILES string of the molecule is N#C/N=c1\c2cc(-c3cccc4ccccc34)ccc2c2cc3/c(=N/C#N)c4cc(-c5cccc6ccccc56)ccc4c3cc12. The monoisotopic (exact) mass is 582 g/mol. The van der Waals surface area contributed by atoms with Gasteiger partial charge in [0.25, 0.3) is 0 Å². The molecule has 210 valence electrons. The van der Waals surface area contributed by atoms with Gasteiger partial charge in [0, 0.05) is 21.5 Å². The summed E-state index contributed by atoms with van der Waals surface area (Å²) in [5.41, 5.74) is 4.41. The van der Waals surface area contributed by atoms with Crippen molar-refractivity contribution in [2.75, 3.05) is 0 Å². The second-order valence-corrected chi connectivity index (χ2v) is 11.6. The number of nitrogens with zero attached hydrogens (tertiary/aromatic N) is 4. The molecule has 9 aromatic rings. The Bertz CT molecular complexity index is 2730. The van der Waals surface area contributed by atoms with Gasteiger partial charge < -0.3 is 0 Å². The van der Waals surface area contributed by atoms with Crippen LogP contribution in [-0.2, 0) is 0 Å². The van der Waals surface area contributed by atoms with Crippen LogP contribution in [0.2, 0.25) is 0 Å². The number of rotatable bonds is 2. The van der Waals surface area contributed by atoms with Gasteiger partial charge in [-0.1, -0.05) is 109 Å². The maximum atomic E-state index is 9.79. The molecule has 0 N–H and O–H groups in total. The van der Waals surface area contributed by atoms with E-state index in [0.717, 1.165) is 65.3 Å². The van der Waals surface area contributed by atoms with Crippen LogP contribution in [0.25, 0.3) is 86.9 Å². The van der Waals surface area contributed by atoms with E-state index in [4.69, 9.17) is 0 Å². The summed E-state index contributed by atoms with van der Waals surface area (Å²) in [5, 5.41) is 33.3. The van der Waals surface area contributed by atoms with Crippen LogP contribution < -0.4 is 10.7 Å². The molecule has 0 amide bonds. The molecule has 0 saturated heterocycles. The Hall–Kier alpha value is -6.62. The van der Waals surface area contributed by atoms with Gasteiger partial charge in [-0.3, -0.25) is 0 Å². The highest BCUT2D eigenvalue weighted by atomic mass is 14.7. The summed E-state index contributed by atoms with van der Waals surface area (Å²) in [6, 6.07) is 46.5. The molecular weight excluding hydrogens is 560 g/mol. The molecule has 9 rings (SSSR count). The zero-order chi connectivity index (χ0) is 30.8. The van der Waals surface area contributed by atoms with Crippen molar-refractivity contribution in [1.82, 2.24) is 0 Å². The van der Waals surface area contributed by atoms with E-state index >= 15 is 0 Å². The van der Waals surface area contributed by atoms with E-state index in [0.29, 0.717) is 10.7 Å². The molecule has 0 spiro atoms. The van der Waals surface area contributed by atoms with E-state index in [1.165, 1.54) is 21.5 Å². The minimum atomic E-state index is 0.664. The number of hydrogen-bond donors (Lipinski definition) is 0. The lowest BCUT2D eigenvalue weighted by Crippen LogP contribution is -1.99. The fourth-order valence-electron chi connectivity index (χ4n) is 7.31. The Morgan fingerprint density at radius 2 is 0.761 bits per heavy atom. The van der Waals surface area contributed by atoms with E-state index in [9.17, 15) is 10.5 Å².